The van der Waals surface area contributed by atoms with Crippen molar-refractivity contribution in [2.24, 2.45) is 0 Å². The van der Waals surface area contributed by atoms with Crippen LogP contribution in [0.4, 0.5) is 14.9 Å². The number of nitrogens with zero attached hydrogens (tertiary/aromatic N) is 3. The van der Waals surface area contributed by atoms with E-state index in [0.29, 0.717) is 30.3 Å². The van der Waals surface area contributed by atoms with Crippen molar-refractivity contribution in [2.45, 2.75) is 26.4 Å². The van der Waals surface area contributed by atoms with Crippen LogP contribution >= 0.6 is 11.6 Å². The minimum absolute atomic E-state index is 0.149. The van der Waals surface area contributed by atoms with Gasteiger partial charge >= 0.3 is 6.09 Å². The first-order chi connectivity index (χ1) is 11.7. The van der Waals surface area contributed by atoms with E-state index in [0.717, 1.165) is 6.20 Å². The van der Waals surface area contributed by atoms with Crippen molar-refractivity contribution < 1.29 is 18.7 Å². The van der Waals surface area contributed by atoms with Crippen molar-refractivity contribution in [3.63, 3.8) is 0 Å². The second-order valence-electron chi connectivity index (χ2n) is 6.50. The highest BCUT2D eigenvalue weighted by Gasteiger charge is 2.29. The van der Waals surface area contributed by atoms with Crippen LogP contribution < -0.4 is 9.64 Å². The summed E-state index contributed by atoms with van der Waals surface area (Å²) >= 11 is 5.85. The van der Waals surface area contributed by atoms with Crippen LogP contribution in [0.1, 0.15) is 20.8 Å². The molecule has 0 fully saturated rings. The van der Waals surface area contributed by atoms with E-state index in [9.17, 15) is 9.18 Å². The van der Waals surface area contributed by atoms with Gasteiger partial charge < -0.3 is 9.47 Å². The van der Waals surface area contributed by atoms with Crippen LogP contribution in [0, 0.1) is 5.82 Å². The van der Waals surface area contributed by atoms with Crippen LogP contribution in [0.3, 0.4) is 0 Å². The molecule has 0 saturated carbocycles. The van der Waals surface area contributed by atoms with Crippen molar-refractivity contribution in [1.82, 2.24) is 9.97 Å². The number of rotatable bonds is 1. The summed E-state index contributed by atoms with van der Waals surface area (Å²) in [4.78, 5) is 21.8. The lowest BCUT2D eigenvalue weighted by atomic mass is 10.1. The fourth-order valence-corrected chi connectivity index (χ4v) is 2.54. The van der Waals surface area contributed by atoms with Gasteiger partial charge in [0.25, 0.3) is 0 Å². The number of carbonyl (C=O) groups is 1. The normalized spacial score (nSPS) is 13.9. The number of halogens is 2. The topological polar surface area (TPSA) is 64.5 Å². The molecule has 0 bridgehead atoms. The van der Waals surface area contributed by atoms with E-state index < -0.39 is 17.5 Å². The van der Waals surface area contributed by atoms with Gasteiger partial charge in [0.15, 0.2) is 11.6 Å². The zero-order valence-electron chi connectivity index (χ0n) is 14.0. The fraction of sp³-hybridized carbons (Fsp3) is 0.353. The molecule has 0 radical (unpaired) electrons. The molecule has 8 heteroatoms. The van der Waals surface area contributed by atoms with Gasteiger partial charge in [-0.15, -0.1) is 0 Å². The monoisotopic (exact) mass is 365 g/mol. The van der Waals surface area contributed by atoms with E-state index in [1.807, 2.05) is 0 Å². The van der Waals surface area contributed by atoms with Gasteiger partial charge in [0.1, 0.15) is 17.4 Å². The lowest BCUT2D eigenvalue weighted by Gasteiger charge is -2.31. The molecular formula is C17H17ClFN3O3. The molecule has 1 aliphatic rings. The molecule has 0 aromatic carbocycles. The molecule has 2 aromatic heterocycles. The van der Waals surface area contributed by atoms with Gasteiger partial charge in [-0.25, -0.2) is 14.2 Å². The van der Waals surface area contributed by atoms with E-state index in [4.69, 9.17) is 21.1 Å². The molecule has 2 aromatic rings. The Balaban J connectivity index is 2.01. The van der Waals surface area contributed by atoms with Crippen LogP contribution in [-0.2, 0) is 4.74 Å². The third-order valence-corrected chi connectivity index (χ3v) is 3.63. The Kier molecular flexibility index (Phi) is 4.51. The Labute approximate surface area is 149 Å². The number of carbonyl (C=O) groups excluding carboxylic acids is 1. The van der Waals surface area contributed by atoms with E-state index in [-0.39, 0.29) is 10.7 Å². The van der Waals surface area contributed by atoms with Gasteiger partial charge in [-0.3, -0.25) is 9.88 Å². The molecule has 0 N–H and O–H groups in total. The average Bonchev–Trinajstić information content (AvgIpc) is 2.54. The zero-order valence-corrected chi connectivity index (χ0v) is 14.8. The number of hydrogen-bond acceptors (Lipinski definition) is 5. The molecule has 1 aliphatic heterocycles. The van der Waals surface area contributed by atoms with E-state index in [2.05, 4.69) is 9.97 Å². The van der Waals surface area contributed by atoms with Crippen molar-refractivity contribution >= 4 is 23.4 Å². The second-order valence-corrected chi connectivity index (χ2v) is 6.89. The summed E-state index contributed by atoms with van der Waals surface area (Å²) in [6.07, 6.45) is 1.98. The molecule has 0 aliphatic carbocycles. The summed E-state index contributed by atoms with van der Waals surface area (Å²) in [5, 5.41) is 0.149. The Morgan fingerprint density at radius 3 is 2.80 bits per heavy atom. The van der Waals surface area contributed by atoms with Crippen LogP contribution in [0.5, 0.6) is 5.75 Å². The number of hydrogen-bond donors (Lipinski definition) is 0. The molecule has 3 heterocycles. The van der Waals surface area contributed by atoms with E-state index in [1.54, 1.807) is 26.8 Å². The number of amides is 1. The SMILES string of the molecule is CC(C)(C)OC(=O)N1CCOc2cnc(-c3cc(Cl)ncc3F)cc21. The zero-order chi connectivity index (χ0) is 18.2. The Hall–Kier alpha value is -2.41. The molecular weight excluding hydrogens is 349 g/mol. The summed E-state index contributed by atoms with van der Waals surface area (Å²) in [6.45, 7) is 6.02. The fourth-order valence-electron chi connectivity index (χ4n) is 2.39. The summed E-state index contributed by atoms with van der Waals surface area (Å²) in [5.41, 5.74) is 0.353. The van der Waals surface area contributed by atoms with Crippen molar-refractivity contribution in [3.8, 4) is 17.0 Å². The second kappa shape index (κ2) is 6.48. The molecule has 3 rings (SSSR count). The van der Waals surface area contributed by atoms with Gasteiger partial charge in [0, 0.05) is 5.56 Å². The van der Waals surface area contributed by atoms with Crippen molar-refractivity contribution in [2.75, 3.05) is 18.1 Å². The third-order valence-electron chi connectivity index (χ3n) is 3.42. The quantitative estimate of drug-likeness (QED) is 0.713. The first kappa shape index (κ1) is 17.4. The Morgan fingerprint density at radius 1 is 1.32 bits per heavy atom. The summed E-state index contributed by atoms with van der Waals surface area (Å²) in [7, 11) is 0. The Bertz CT molecular complexity index is 823. The van der Waals surface area contributed by atoms with Crippen LogP contribution in [-0.4, -0.2) is 34.8 Å². The van der Waals surface area contributed by atoms with Crippen molar-refractivity contribution in [3.05, 3.63) is 35.5 Å². The molecule has 132 valence electrons. The smallest absolute Gasteiger partial charge is 0.415 e. The van der Waals surface area contributed by atoms with E-state index >= 15 is 0 Å². The Morgan fingerprint density at radius 2 is 2.08 bits per heavy atom. The molecule has 25 heavy (non-hydrogen) atoms. The number of pyridine rings is 2. The minimum atomic E-state index is -0.629. The van der Waals surface area contributed by atoms with Crippen LogP contribution in [0.25, 0.3) is 11.3 Å². The first-order valence-corrected chi connectivity index (χ1v) is 8.07. The number of ether oxygens (including phenoxy) is 2. The number of anilines is 1. The predicted molar refractivity (Wildman–Crippen MR) is 91.5 cm³/mol. The molecule has 0 saturated heterocycles. The molecule has 1 amide bonds. The summed E-state index contributed by atoms with van der Waals surface area (Å²) in [6, 6.07) is 2.96. The van der Waals surface area contributed by atoms with Crippen molar-refractivity contribution in [1.29, 1.82) is 0 Å². The molecule has 0 unspecified atom stereocenters. The lowest BCUT2D eigenvalue weighted by molar-refractivity contribution is 0.0567. The van der Waals surface area contributed by atoms with Gasteiger partial charge in [0.05, 0.1) is 30.3 Å². The highest BCUT2D eigenvalue weighted by molar-refractivity contribution is 6.29. The van der Waals surface area contributed by atoms with Gasteiger partial charge in [-0.2, -0.15) is 0 Å². The summed E-state index contributed by atoms with van der Waals surface area (Å²) in [5.74, 6) is -0.126. The number of aromatic nitrogens is 2. The summed E-state index contributed by atoms with van der Waals surface area (Å²) < 4.78 is 25.0. The largest absolute Gasteiger partial charge is 0.488 e. The lowest BCUT2D eigenvalue weighted by Crippen LogP contribution is -2.41. The third kappa shape index (κ3) is 3.82. The maximum Gasteiger partial charge on any atom is 0.415 e. The number of fused-ring (bicyclic) bond motifs is 1. The van der Waals surface area contributed by atoms with Gasteiger partial charge in [0.2, 0.25) is 0 Å². The first-order valence-electron chi connectivity index (χ1n) is 7.69. The molecule has 0 spiro atoms. The molecule has 6 nitrogen and oxygen atoms in total. The van der Waals surface area contributed by atoms with Gasteiger partial charge in [-0.05, 0) is 32.9 Å². The highest BCUT2D eigenvalue weighted by atomic mass is 35.5. The minimum Gasteiger partial charge on any atom is -0.488 e. The average molecular weight is 366 g/mol. The maximum absolute atomic E-state index is 14.1. The highest BCUT2D eigenvalue weighted by Crippen LogP contribution is 2.35. The van der Waals surface area contributed by atoms with Crippen LogP contribution in [0.15, 0.2) is 24.5 Å². The maximum atomic E-state index is 14.1. The van der Waals surface area contributed by atoms with Crippen LogP contribution in [0.2, 0.25) is 5.15 Å². The standard InChI is InChI=1S/C17H17ClFN3O3/c1-17(2,3)25-16(23)22-4-5-24-14-9-20-12(7-13(14)22)10-6-15(18)21-8-11(10)19/h6-9H,4-5H2,1-3H3. The van der Waals surface area contributed by atoms with Gasteiger partial charge in [-0.1, -0.05) is 11.6 Å². The predicted octanol–water partition coefficient (Wildman–Crippen LogP) is 4.07. The molecule has 0 atom stereocenters. The van der Waals surface area contributed by atoms with E-state index in [1.165, 1.54) is 17.2 Å².